The van der Waals surface area contributed by atoms with E-state index in [4.69, 9.17) is 5.11 Å². The first-order valence-corrected chi connectivity index (χ1v) is 6.64. The fourth-order valence-electron chi connectivity index (χ4n) is 2.21. The average molecular weight is 256 g/mol. The van der Waals surface area contributed by atoms with Gasteiger partial charge < -0.3 is 10.4 Å². The number of carboxylic acid groups (broad SMARTS) is 1. The van der Waals surface area contributed by atoms with E-state index in [2.05, 4.69) is 10.2 Å². The molecule has 1 amide bonds. The van der Waals surface area contributed by atoms with Gasteiger partial charge in [0.1, 0.15) is 6.04 Å². The van der Waals surface area contributed by atoms with Crippen molar-refractivity contribution >= 4 is 11.9 Å². The minimum atomic E-state index is -1.00. The van der Waals surface area contributed by atoms with Crippen LogP contribution in [-0.2, 0) is 9.59 Å². The van der Waals surface area contributed by atoms with E-state index in [1.54, 1.807) is 0 Å². The molecule has 0 bridgehead atoms. The smallest absolute Gasteiger partial charge is 0.325 e. The van der Waals surface area contributed by atoms with Crippen LogP contribution in [0.4, 0.5) is 0 Å². The molecule has 1 saturated heterocycles. The zero-order valence-corrected chi connectivity index (χ0v) is 11.5. The predicted octanol–water partition coefficient (Wildman–Crippen LogP) is 1.23. The fourth-order valence-corrected chi connectivity index (χ4v) is 2.21. The van der Waals surface area contributed by atoms with E-state index in [1.165, 1.54) is 19.8 Å². The molecule has 2 N–H and O–H groups in total. The summed E-state index contributed by atoms with van der Waals surface area (Å²) in [4.78, 5) is 25.1. The second-order valence-corrected chi connectivity index (χ2v) is 5.49. The van der Waals surface area contributed by atoms with Gasteiger partial charge in [-0.3, -0.25) is 14.5 Å². The summed E-state index contributed by atoms with van der Waals surface area (Å²) in [5, 5.41) is 11.4. The van der Waals surface area contributed by atoms with Gasteiger partial charge in [-0.2, -0.15) is 0 Å². The molecule has 0 aromatic heterocycles. The topological polar surface area (TPSA) is 69.6 Å². The van der Waals surface area contributed by atoms with Crippen LogP contribution in [0.2, 0.25) is 0 Å². The van der Waals surface area contributed by atoms with E-state index >= 15 is 0 Å². The van der Waals surface area contributed by atoms with Gasteiger partial charge in [0.25, 0.3) is 0 Å². The minimum absolute atomic E-state index is 0.209. The van der Waals surface area contributed by atoms with Crippen molar-refractivity contribution in [2.75, 3.05) is 13.1 Å². The lowest BCUT2D eigenvalue weighted by Gasteiger charge is -2.36. The lowest BCUT2D eigenvalue weighted by atomic mass is 10.0. The average Bonchev–Trinajstić information content (AvgIpc) is 2.57. The van der Waals surface area contributed by atoms with E-state index in [9.17, 15) is 9.59 Å². The second-order valence-electron chi connectivity index (χ2n) is 5.49. The van der Waals surface area contributed by atoms with Crippen LogP contribution < -0.4 is 5.32 Å². The number of carbonyl (C=O) groups excluding carboxylic acids is 1. The number of nitrogens with one attached hydrogen (secondary N) is 1. The van der Waals surface area contributed by atoms with E-state index < -0.39 is 17.6 Å². The molecule has 0 spiro atoms. The largest absolute Gasteiger partial charge is 0.480 e. The Balaban J connectivity index is 2.65. The highest BCUT2D eigenvalue weighted by Gasteiger charge is 2.35. The van der Waals surface area contributed by atoms with Crippen LogP contribution in [0.3, 0.4) is 0 Å². The highest BCUT2D eigenvalue weighted by atomic mass is 16.4. The van der Waals surface area contributed by atoms with Gasteiger partial charge in [0, 0.05) is 0 Å². The van der Waals surface area contributed by atoms with Crippen LogP contribution in [0.25, 0.3) is 0 Å². The molecule has 0 aromatic rings. The number of amides is 1. The van der Waals surface area contributed by atoms with Crippen LogP contribution in [0.1, 0.15) is 46.5 Å². The highest BCUT2D eigenvalue weighted by molar-refractivity contribution is 5.89. The standard InChI is InChI=1S/C13H24N2O3/c1-10(11(16)17)14-12(18)13(2,3)15-8-6-4-5-7-9-15/h10H,4-9H2,1-3H3,(H,14,18)(H,16,17). The molecule has 0 aliphatic carbocycles. The number of hydrogen-bond donors (Lipinski definition) is 2. The van der Waals surface area contributed by atoms with Crippen LogP contribution >= 0.6 is 0 Å². The lowest BCUT2D eigenvalue weighted by molar-refractivity contribution is -0.143. The van der Waals surface area contributed by atoms with E-state index in [1.807, 2.05) is 13.8 Å². The third-order valence-electron chi connectivity index (χ3n) is 3.67. The first-order chi connectivity index (χ1) is 8.35. The number of hydrogen-bond acceptors (Lipinski definition) is 3. The number of likely N-dealkylation sites (tertiary alicyclic amines) is 1. The van der Waals surface area contributed by atoms with Gasteiger partial charge >= 0.3 is 5.97 Å². The summed E-state index contributed by atoms with van der Waals surface area (Å²) in [6.07, 6.45) is 4.62. The number of carbonyl (C=O) groups is 2. The Bertz CT molecular complexity index is 307. The van der Waals surface area contributed by atoms with Gasteiger partial charge in [-0.15, -0.1) is 0 Å². The van der Waals surface area contributed by atoms with Crippen molar-refractivity contribution in [2.24, 2.45) is 0 Å². The quantitative estimate of drug-likeness (QED) is 0.793. The molecule has 18 heavy (non-hydrogen) atoms. The predicted molar refractivity (Wildman–Crippen MR) is 69.4 cm³/mol. The molecule has 0 radical (unpaired) electrons. The maximum absolute atomic E-state index is 12.2. The highest BCUT2D eigenvalue weighted by Crippen LogP contribution is 2.20. The van der Waals surface area contributed by atoms with Crippen molar-refractivity contribution in [3.05, 3.63) is 0 Å². The molecule has 1 rings (SSSR count). The first-order valence-electron chi connectivity index (χ1n) is 6.64. The molecule has 1 fully saturated rings. The van der Waals surface area contributed by atoms with Crippen LogP contribution in [-0.4, -0.2) is 46.6 Å². The number of nitrogens with zero attached hydrogens (tertiary/aromatic N) is 1. The summed E-state index contributed by atoms with van der Waals surface area (Å²) >= 11 is 0. The summed E-state index contributed by atoms with van der Waals surface area (Å²) in [6, 6.07) is -0.844. The second kappa shape index (κ2) is 6.18. The maximum atomic E-state index is 12.2. The van der Waals surface area contributed by atoms with Crippen LogP contribution in [0, 0.1) is 0 Å². The molecule has 1 heterocycles. The van der Waals surface area contributed by atoms with E-state index in [0.29, 0.717) is 0 Å². The van der Waals surface area contributed by atoms with Crippen molar-refractivity contribution in [1.29, 1.82) is 0 Å². The van der Waals surface area contributed by atoms with Gasteiger partial charge in [-0.05, 0) is 46.7 Å². The Kier molecular flexibility index (Phi) is 5.14. The molecule has 1 atom stereocenters. The molecule has 5 heteroatoms. The third-order valence-corrected chi connectivity index (χ3v) is 3.67. The molecule has 0 aromatic carbocycles. The van der Waals surface area contributed by atoms with Crippen molar-refractivity contribution in [3.63, 3.8) is 0 Å². The molecule has 104 valence electrons. The molecular weight excluding hydrogens is 232 g/mol. The maximum Gasteiger partial charge on any atom is 0.325 e. The SMILES string of the molecule is CC(NC(=O)C(C)(C)N1CCCCCC1)C(=O)O. The van der Waals surface area contributed by atoms with Crippen molar-refractivity contribution in [1.82, 2.24) is 10.2 Å². The molecular formula is C13H24N2O3. The molecule has 0 saturated carbocycles. The van der Waals surface area contributed by atoms with Gasteiger partial charge in [0.15, 0.2) is 0 Å². The van der Waals surface area contributed by atoms with Gasteiger partial charge in [-0.25, -0.2) is 0 Å². The van der Waals surface area contributed by atoms with Crippen LogP contribution in [0.15, 0.2) is 0 Å². The van der Waals surface area contributed by atoms with Gasteiger partial charge in [-0.1, -0.05) is 12.8 Å². The Morgan fingerprint density at radius 2 is 1.67 bits per heavy atom. The first kappa shape index (κ1) is 15.0. The van der Waals surface area contributed by atoms with Gasteiger partial charge in [0.05, 0.1) is 5.54 Å². The Morgan fingerprint density at radius 3 is 2.11 bits per heavy atom. The molecule has 1 aliphatic rings. The van der Waals surface area contributed by atoms with Crippen molar-refractivity contribution in [2.45, 2.75) is 58.0 Å². The lowest BCUT2D eigenvalue weighted by Crippen LogP contribution is -2.57. The molecule has 1 unspecified atom stereocenters. The summed E-state index contributed by atoms with van der Waals surface area (Å²) in [6.45, 7) is 7.02. The van der Waals surface area contributed by atoms with Crippen LogP contribution in [0.5, 0.6) is 0 Å². The van der Waals surface area contributed by atoms with E-state index in [0.717, 1.165) is 25.9 Å². The monoisotopic (exact) mass is 256 g/mol. The molecule has 5 nitrogen and oxygen atoms in total. The zero-order valence-electron chi connectivity index (χ0n) is 11.5. The summed E-state index contributed by atoms with van der Waals surface area (Å²) in [5.41, 5.74) is -0.645. The third kappa shape index (κ3) is 3.70. The minimum Gasteiger partial charge on any atom is -0.480 e. The summed E-state index contributed by atoms with van der Waals surface area (Å²) in [7, 11) is 0. The normalized spacial score (nSPS) is 19.9. The fraction of sp³-hybridized carbons (Fsp3) is 0.846. The van der Waals surface area contributed by atoms with E-state index in [-0.39, 0.29) is 5.91 Å². The Morgan fingerprint density at radius 1 is 1.17 bits per heavy atom. The molecule has 1 aliphatic heterocycles. The van der Waals surface area contributed by atoms with Crippen molar-refractivity contribution in [3.8, 4) is 0 Å². The van der Waals surface area contributed by atoms with Crippen molar-refractivity contribution < 1.29 is 14.7 Å². The number of aliphatic carboxylic acids is 1. The van der Waals surface area contributed by atoms with Gasteiger partial charge in [0.2, 0.25) is 5.91 Å². The summed E-state index contributed by atoms with van der Waals surface area (Å²) in [5.74, 6) is -1.21. The number of rotatable bonds is 4. The Labute approximate surface area is 109 Å². The summed E-state index contributed by atoms with van der Waals surface area (Å²) < 4.78 is 0. The zero-order chi connectivity index (χ0) is 13.8. The number of carboxylic acids is 1. The Hall–Kier alpha value is -1.10.